The number of rotatable bonds is 5. The Morgan fingerprint density at radius 2 is 1.97 bits per heavy atom. The van der Waals surface area contributed by atoms with E-state index in [0.29, 0.717) is 22.9 Å². The van der Waals surface area contributed by atoms with Gasteiger partial charge in [-0.15, -0.1) is 0 Å². The number of nitrogens with zero attached hydrogens (tertiary/aromatic N) is 5. The van der Waals surface area contributed by atoms with Crippen LogP contribution in [0.4, 0.5) is 5.69 Å². The Hall–Kier alpha value is -3.40. The van der Waals surface area contributed by atoms with Crippen molar-refractivity contribution < 1.29 is 9.53 Å². The zero-order valence-corrected chi connectivity index (χ0v) is 19.1. The average molecular weight is 432 g/mol. The molecule has 32 heavy (non-hydrogen) atoms. The quantitative estimate of drug-likeness (QED) is 0.710. The van der Waals surface area contributed by atoms with Crippen molar-refractivity contribution in [3.63, 3.8) is 0 Å². The van der Waals surface area contributed by atoms with E-state index in [1.807, 2.05) is 31.2 Å². The molecule has 166 valence electrons. The molecule has 1 aromatic carbocycles. The Balaban J connectivity index is 1.71. The Labute approximate surface area is 189 Å². The number of hydrogen-bond acceptors (Lipinski definition) is 6. The van der Waals surface area contributed by atoms with Crippen molar-refractivity contribution in [1.82, 2.24) is 9.88 Å². The lowest BCUT2D eigenvalue weighted by Gasteiger charge is -2.28. The van der Waals surface area contributed by atoms with Gasteiger partial charge in [0.05, 0.1) is 41.9 Å². The van der Waals surface area contributed by atoms with Gasteiger partial charge in [0.25, 0.3) is 5.91 Å². The highest BCUT2D eigenvalue weighted by Crippen LogP contribution is 2.38. The predicted molar refractivity (Wildman–Crippen MR) is 124 cm³/mol. The van der Waals surface area contributed by atoms with Gasteiger partial charge in [-0.05, 0) is 61.6 Å². The van der Waals surface area contributed by atoms with Crippen LogP contribution in [0.15, 0.2) is 35.4 Å². The molecule has 1 aromatic heterocycles. The molecule has 0 radical (unpaired) electrons. The molecule has 1 aliphatic carbocycles. The summed E-state index contributed by atoms with van der Waals surface area (Å²) in [5.41, 5.74) is 4.69. The third-order valence-electron chi connectivity index (χ3n) is 6.47. The number of carbonyl (C=O) groups is 1. The number of carbonyl (C=O) groups excluding carboxylic acids is 1. The van der Waals surface area contributed by atoms with Gasteiger partial charge < -0.3 is 9.64 Å². The second-order valence-electron chi connectivity index (χ2n) is 8.77. The number of hydrazone groups is 1. The maximum Gasteiger partial charge on any atom is 0.258 e. The predicted octanol–water partition coefficient (Wildman–Crippen LogP) is 4.15. The van der Waals surface area contributed by atoms with Crippen molar-refractivity contribution in [2.45, 2.75) is 45.1 Å². The zero-order chi connectivity index (χ0) is 22.8. The molecule has 1 atom stereocenters. The van der Waals surface area contributed by atoms with Crippen LogP contribution < -0.4 is 9.75 Å². The minimum Gasteiger partial charge on any atom is -0.480 e. The van der Waals surface area contributed by atoms with E-state index in [1.165, 1.54) is 37.7 Å². The van der Waals surface area contributed by atoms with E-state index in [-0.39, 0.29) is 11.9 Å². The largest absolute Gasteiger partial charge is 0.480 e. The van der Waals surface area contributed by atoms with E-state index in [9.17, 15) is 10.1 Å². The van der Waals surface area contributed by atoms with Crippen molar-refractivity contribution in [3.8, 4) is 11.9 Å². The molecule has 7 heteroatoms. The van der Waals surface area contributed by atoms with Gasteiger partial charge in [-0.1, -0.05) is 12.8 Å². The molecule has 7 nitrogen and oxygen atoms in total. The minimum absolute atomic E-state index is 0.146. The second kappa shape index (κ2) is 8.99. The first-order valence-electron chi connectivity index (χ1n) is 11.1. The van der Waals surface area contributed by atoms with Gasteiger partial charge in [-0.3, -0.25) is 9.80 Å². The van der Waals surface area contributed by atoms with Crippen LogP contribution >= 0.6 is 0 Å². The fraction of sp³-hybridized carbons (Fsp3) is 0.440. The molecule has 1 fully saturated rings. The number of hydrogen-bond donors (Lipinski definition) is 0. The number of anilines is 1. The summed E-state index contributed by atoms with van der Waals surface area (Å²) in [5.74, 6) is 0.741. The van der Waals surface area contributed by atoms with Crippen LogP contribution in [0.25, 0.3) is 0 Å². The third kappa shape index (κ3) is 4.05. The summed E-state index contributed by atoms with van der Waals surface area (Å²) in [6, 6.07) is 12.0. The molecule has 0 bridgehead atoms. The van der Waals surface area contributed by atoms with Crippen LogP contribution in [0.3, 0.4) is 0 Å². The second-order valence-corrected chi connectivity index (χ2v) is 8.77. The van der Waals surface area contributed by atoms with Crippen molar-refractivity contribution in [3.05, 3.63) is 52.7 Å². The lowest BCUT2D eigenvalue weighted by atomic mass is 9.92. The number of methoxy groups -OCH3 is 1. The summed E-state index contributed by atoms with van der Waals surface area (Å²) in [6.07, 6.45) is 5.70. The molecule has 0 spiro atoms. The number of aryl methyl sites for hydroxylation is 1. The summed E-state index contributed by atoms with van der Waals surface area (Å²) in [4.78, 5) is 18.6. The highest BCUT2D eigenvalue weighted by atomic mass is 16.5. The average Bonchev–Trinajstić information content (AvgIpc) is 3.48. The smallest absolute Gasteiger partial charge is 0.258 e. The van der Waals surface area contributed by atoms with Gasteiger partial charge >= 0.3 is 0 Å². The van der Waals surface area contributed by atoms with E-state index >= 15 is 0 Å². The molecule has 1 amide bonds. The van der Waals surface area contributed by atoms with Crippen molar-refractivity contribution in [2.24, 2.45) is 11.0 Å². The maximum atomic E-state index is 12.4. The lowest BCUT2D eigenvalue weighted by molar-refractivity contribution is 0.0823. The van der Waals surface area contributed by atoms with Crippen molar-refractivity contribution in [2.75, 3.05) is 26.2 Å². The SMILES string of the molecule is COc1nc(C2=NN(c3ccc(C#N)c(C)c3)[C@@H](C3CCCC3)C2)ccc1C(=O)N(C)C. The van der Waals surface area contributed by atoms with Crippen molar-refractivity contribution in [1.29, 1.82) is 5.26 Å². The van der Waals surface area contributed by atoms with E-state index in [2.05, 4.69) is 16.1 Å². The van der Waals surface area contributed by atoms with Crippen LogP contribution in [-0.4, -0.2) is 48.7 Å². The molecule has 2 heterocycles. The highest BCUT2D eigenvalue weighted by Gasteiger charge is 2.36. The van der Waals surface area contributed by atoms with E-state index in [1.54, 1.807) is 20.2 Å². The third-order valence-corrected chi connectivity index (χ3v) is 6.47. The van der Waals surface area contributed by atoms with Crippen LogP contribution in [-0.2, 0) is 0 Å². The van der Waals surface area contributed by atoms with E-state index < -0.39 is 0 Å². The first kappa shape index (κ1) is 21.8. The molecular formula is C25H29N5O2. The Morgan fingerprint density at radius 1 is 1.22 bits per heavy atom. The van der Waals surface area contributed by atoms with Gasteiger partial charge in [-0.25, -0.2) is 4.98 Å². The van der Waals surface area contributed by atoms with Crippen LogP contribution in [0.2, 0.25) is 0 Å². The van der Waals surface area contributed by atoms with E-state index in [0.717, 1.165) is 29.1 Å². The fourth-order valence-electron chi connectivity index (χ4n) is 4.72. The van der Waals surface area contributed by atoms with Gasteiger partial charge in [-0.2, -0.15) is 10.4 Å². The van der Waals surface area contributed by atoms with Gasteiger partial charge in [0, 0.05) is 20.5 Å². The molecule has 4 rings (SSSR count). The first-order chi connectivity index (χ1) is 15.4. The fourth-order valence-corrected chi connectivity index (χ4v) is 4.72. The Kier molecular flexibility index (Phi) is 6.13. The van der Waals surface area contributed by atoms with Gasteiger partial charge in [0.1, 0.15) is 5.56 Å². The molecule has 2 aliphatic rings. The summed E-state index contributed by atoms with van der Waals surface area (Å²) < 4.78 is 5.44. The summed E-state index contributed by atoms with van der Waals surface area (Å²) in [7, 11) is 4.95. The summed E-state index contributed by atoms with van der Waals surface area (Å²) in [5, 5.41) is 16.4. The lowest BCUT2D eigenvalue weighted by Crippen LogP contribution is -2.32. The molecule has 0 saturated heterocycles. The van der Waals surface area contributed by atoms with Gasteiger partial charge in [0.2, 0.25) is 5.88 Å². The standard InChI is InChI=1S/C25H29N5O2/c1-16-13-19(10-9-18(16)15-26)30-23(17-7-5-6-8-17)14-22(28-30)21-12-11-20(24(27-21)32-4)25(31)29(2)3/h9-13,17,23H,5-8,14H2,1-4H3/t23-/m1/s1. The number of amides is 1. The summed E-state index contributed by atoms with van der Waals surface area (Å²) in [6.45, 7) is 1.96. The number of benzene rings is 1. The number of pyridine rings is 1. The molecular weight excluding hydrogens is 402 g/mol. The molecule has 0 unspecified atom stereocenters. The van der Waals surface area contributed by atoms with E-state index in [4.69, 9.17) is 9.84 Å². The minimum atomic E-state index is -0.146. The number of ether oxygens (including phenoxy) is 1. The monoisotopic (exact) mass is 431 g/mol. The molecule has 1 saturated carbocycles. The molecule has 2 aromatic rings. The Bertz CT molecular complexity index is 1100. The molecule has 1 aliphatic heterocycles. The Morgan fingerprint density at radius 3 is 2.59 bits per heavy atom. The van der Waals surface area contributed by atoms with Crippen LogP contribution in [0.1, 0.15) is 59.3 Å². The van der Waals surface area contributed by atoms with Crippen LogP contribution in [0.5, 0.6) is 5.88 Å². The zero-order valence-electron chi connectivity index (χ0n) is 19.1. The normalized spacial score (nSPS) is 18.4. The van der Waals surface area contributed by atoms with Crippen molar-refractivity contribution >= 4 is 17.3 Å². The maximum absolute atomic E-state index is 12.4. The summed E-state index contributed by atoms with van der Waals surface area (Å²) >= 11 is 0. The number of nitriles is 1. The van der Waals surface area contributed by atoms with Gasteiger partial charge in [0.15, 0.2) is 0 Å². The topological polar surface area (TPSA) is 81.8 Å². The highest BCUT2D eigenvalue weighted by molar-refractivity contribution is 6.03. The first-order valence-corrected chi connectivity index (χ1v) is 11.1. The van der Waals surface area contributed by atoms with Crippen LogP contribution in [0, 0.1) is 24.2 Å². The number of aromatic nitrogens is 1. The molecule has 0 N–H and O–H groups in total.